The van der Waals surface area contributed by atoms with E-state index in [2.05, 4.69) is 15.5 Å². The van der Waals surface area contributed by atoms with Crippen LogP contribution in [0.5, 0.6) is 5.75 Å². The van der Waals surface area contributed by atoms with Crippen LogP contribution in [0.1, 0.15) is 17.3 Å². The van der Waals surface area contributed by atoms with Crippen molar-refractivity contribution in [2.45, 2.75) is 6.92 Å². The maximum Gasteiger partial charge on any atom is 0.259 e. The Kier molecular flexibility index (Phi) is 5.52. The van der Waals surface area contributed by atoms with Crippen LogP contribution in [0.15, 0.2) is 77.3 Å². The molecule has 1 N–H and O–H groups in total. The van der Waals surface area contributed by atoms with Gasteiger partial charge in [-0.3, -0.25) is 4.79 Å². The third kappa shape index (κ3) is 4.05. The summed E-state index contributed by atoms with van der Waals surface area (Å²) < 4.78 is 24.7. The number of amides is 1. The minimum absolute atomic E-state index is 0.116. The summed E-state index contributed by atoms with van der Waals surface area (Å²) in [6.45, 7) is 2.47. The molecule has 0 atom stereocenters. The van der Waals surface area contributed by atoms with Gasteiger partial charge < -0.3 is 14.6 Å². The van der Waals surface area contributed by atoms with Gasteiger partial charge in [0, 0.05) is 5.69 Å². The van der Waals surface area contributed by atoms with Gasteiger partial charge in [0.15, 0.2) is 0 Å². The molecular formula is C23H18FN3O3. The van der Waals surface area contributed by atoms with Gasteiger partial charge in [0.25, 0.3) is 11.8 Å². The summed E-state index contributed by atoms with van der Waals surface area (Å²) in [7, 11) is 0. The number of anilines is 1. The Bertz CT molecular complexity index is 1170. The van der Waals surface area contributed by atoms with Crippen molar-refractivity contribution in [3.8, 4) is 28.6 Å². The molecule has 0 aliphatic carbocycles. The van der Waals surface area contributed by atoms with Crippen LogP contribution in [-0.2, 0) is 0 Å². The maximum atomic E-state index is 14.0. The van der Waals surface area contributed by atoms with Gasteiger partial charge in [0.2, 0.25) is 5.82 Å². The number of benzene rings is 3. The molecule has 0 radical (unpaired) electrons. The third-order valence-corrected chi connectivity index (χ3v) is 4.37. The van der Waals surface area contributed by atoms with E-state index in [9.17, 15) is 9.18 Å². The fourth-order valence-corrected chi connectivity index (χ4v) is 2.95. The number of nitrogens with one attached hydrogen (secondary N) is 1. The molecule has 4 aromatic rings. The van der Waals surface area contributed by atoms with E-state index >= 15 is 0 Å². The second-order valence-corrected chi connectivity index (χ2v) is 6.36. The second kappa shape index (κ2) is 8.57. The van der Waals surface area contributed by atoms with Crippen LogP contribution >= 0.6 is 0 Å². The molecule has 0 saturated carbocycles. The second-order valence-electron chi connectivity index (χ2n) is 6.36. The highest BCUT2D eigenvalue weighted by Crippen LogP contribution is 2.27. The summed E-state index contributed by atoms with van der Waals surface area (Å²) in [5, 5.41) is 6.70. The molecule has 3 aromatic carbocycles. The molecule has 0 spiro atoms. The Morgan fingerprint density at radius 1 is 1.00 bits per heavy atom. The van der Waals surface area contributed by atoms with Crippen LogP contribution in [0.3, 0.4) is 0 Å². The largest absolute Gasteiger partial charge is 0.494 e. The van der Waals surface area contributed by atoms with E-state index < -0.39 is 5.82 Å². The molecule has 1 amide bonds. The van der Waals surface area contributed by atoms with E-state index in [-0.39, 0.29) is 23.2 Å². The molecule has 4 rings (SSSR count). The van der Waals surface area contributed by atoms with Gasteiger partial charge in [0.1, 0.15) is 11.6 Å². The van der Waals surface area contributed by atoms with E-state index in [0.717, 1.165) is 5.75 Å². The van der Waals surface area contributed by atoms with E-state index in [1.807, 2.05) is 6.92 Å². The van der Waals surface area contributed by atoms with Gasteiger partial charge in [0.05, 0.1) is 23.3 Å². The molecular weight excluding hydrogens is 385 g/mol. The highest BCUT2D eigenvalue weighted by molar-refractivity contribution is 6.08. The molecule has 150 valence electrons. The minimum Gasteiger partial charge on any atom is -0.494 e. The first-order valence-corrected chi connectivity index (χ1v) is 9.38. The van der Waals surface area contributed by atoms with Gasteiger partial charge in [-0.25, -0.2) is 4.39 Å². The molecule has 0 unspecified atom stereocenters. The third-order valence-electron chi connectivity index (χ3n) is 4.37. The topological polar surface area (TPSA) is 77.2 Å². The SMILES string of the molecule is CCOc1ccc(NC(=O)c2ccccc2-c2nc(-c3ccccc3F)no2)cc1. The van der Waals surface area contributed by atoms with Crippen molar-refractivity contribution in [1.29, 1.82) is 0 Å². The van der Waals surface area contributed by atoms with Gasteiger partial charge >= 0.3 is 0 Å². The quantitative estimate of drug-likeness (QED) is 0.479. The molecule has 0 saturated heterocycles. The molecule has 7 heteroatoms. The standard InChI is InChI=1S/C23H18FN3O3/c1-2-29-16-13-11-15(12-14-16)25-22(28)17-7-3-4-8-18(17)23-26-21(27-30-23)19-9-5-6-10-20(19)24/h3-14H,2H2,1H3,(H,25,28). The highest BCUT2D eigenvalue weighted by atomic mass is 19.1. The molecule has 0 aliphatic rings. The first-order valence-electron chi connectivity index (χ1n) is 9.38. The van der Waals surface area contributed by atoms with Crippen LogP contribution in [-0.4, -0.2) is 22.7 Å². The summed E-state index contributed by atoms with van der Waals surface area (Å²) >= 11 is 0. The molecule has 1 aromatic heterocycles. The predicted octanol–water partition coefficient (Wildman–Crippen LogP) is 5.19. The molecule has 0 bridgehead atoms. The lowest BCUT2D eigenvalue weighted by Gasteiger charge is -2.09. The number of hydrogen-bond donors (Lipinski definition) is 1. The van der Waals surface area contributed by atoms with Crippen molar-refractivity contribution >= 4 is 11.6 Å². The fourth-order valence-electron chi connectivity index (χ4n) is 2.95. The Labute approximate surface area is 172 Å². The molecule has 0 aliphatic heterocycles. The summed E-state index contributed by atoms with van der Waals surface area (Å²) in [6.07, 6.45) is 0. The number of nitrogens with zero attached hydrogens (tertiary/aromatic N) is 2. The van der Waals surface area contributed by atoms with E-state index in [1.54, 1.807) is 66.7 Å². The average Bonchev–Trinajstić information content (AvgIpc) is 3.25. The van der Waals surface area contributed by atoms with Crippen molar-refractivity contribution in [1.82, 2.24) is 10.1 Å². The van der Waals surface area contributed by atoms with Crippen molar-refractivity contribution in [2.24, 2.45) is 0 Å². The van der Waals surface area contributed by atoms with Gasteiger partial charge in [-0.05, 0) is 55.5 Å². The summed E-state index contributed by atoms with van der Waals surface area (Å²) in [5.41, 5.74) is 1.66. The van der Waals surface area contributed by atoms with Crippen LogP contribution in [0, 0.1) is 5.82 Å². The van der Waals surface area contributed by atoms with Crippen molar-refractivity contribution in [3.05, 3.63) is 84.2 Å². The first-order chi connectivity index (χ1) is 14.7. The number of aromatic nitrogens is 2. The number of hydrogen-bond acceptors (Lipinski definition) is 5. The monoisotopic (exact) mass is 403 g/mol. The number of carbonyl (C=O) groups excluding carboxylic acids is 1. The van der Waals surface area contributed by atoms with Gasteiger partial charge in [-0.15, -0.1) is 0 Å². The van der Waals surface area contributed by atoms with Crippen molar-refractivity contribution < 1.29 is 18.4 Å². The number of rotatable bonds is 6. The first kappa shape index (κ1) is 19.3. The lowest BCUT2D eigenvalue weighted by molar-refractivity contribution is 0.102. The average molecular weight is 403 g/mol. The van der Waals surface area contributed by atoms with E-state index in [4.69, 9.17) is 9.26 Å². The molecule has 30 heavy (non-hydrogen) atoms. The Morgan fingerprint density at radius 3 is 2.43 bits per heavy atom. The Hall–Kier alpha value is -4.00. The van der Waals surface area contributed by atoms with Crippen molar-refractivity contribution in [3.63, 3.8) is 0 Å². The number of ether oxygens (including phenoxy) is 1. The van der Waals surface area contributed by atoms with Crippen LogP contribution in [0.25, 0.3) is 22.8 Å². The summed E-state index contributed by atoms with van der Waals surface area (Å²) in [5.74, 6) is 0.185. The van der Waals surface area contributed by atoms with E-state index in [0.29, 0.717) is 23.4 Å². The number of halogens is 1. The lowest BCUT2D eigenvalue weighted by Crippen LogP contribution is -2.13. The van der Waals surface area contributed by atoms with Crippen molar-refractivity contribution in [2.75, 3.05) is 11.9 Å². The lowest BCUT2D eigenvalue weighted by atomic mass is 10.1. The summed E-state index contributed by atoms with van der Waals surface area (Å²) in [4.78, 5) is 17.1. The fraction of sp³-hybridized carbons (Fsp3) is 0.0870. The smallest absolute Gasteiger partial charge is 0.259 e. The Morgan fingerprint density at radius 2 is 1.70 bits per heavy atom. The van der Waals surface area contributed by atoms with Crippen LogP contribution < -0.4 is 10.1 Å². The minimum atomic E-state index is -0.452. The highest BCUT2D eigenvalue weighted by Gasteiger charge is 2.19. The van der Waals surface area contributed by atoms with Gasteiger partial charge in [-0.1, -0.05) is 29.4 Å². The van der Waals surface area contributed by atoms with Crippen LogP contribution in [0.2, 0.25) is 0 Å². The van der Waals surface area contributed by atoms with Gasteiger partial charge in [-0.2, -0.15) is 4.98 Å². The van der Waals surface area contributed by atoms with Crippen LogP contribution in [0.4, 0.5) is 10.1 Å². The zero-order chi connectivity index (χ0) is 20.9. The normalized spacial score (nSPS) is 10.6. The zero-order valence-electron chi connectivity index (χ0n) is 16.1. The summed E-state index contributed by atoms with van der Waals surface area (Å²) in [6, 6.07) is 20.1. The Balaban J connectivity index is 1.60. The van der Waals surface area contributed by atoms with E-state index in [1.165, 1.54) is 6.07 Å². The molecule has 0 fully saturated rings. The maximum absolute atomic E-state index is 14.0. The molecule has 1 heterocycles. The number of carbonyl (C=O) groups is 1. The zero-order valence-corrected chi connectivity index (χ0v) is 16.1. The molecule has 6 nitrogen and oxygen atoms in total. The predicted molar refractivity (Wildman–Crippen MR) is 111 cm³/mol.